The van der Waals surface area contributed by atoms with Gasteiger partial charge >= 0.3 is 12.1 Å². The number of alkyl carbamates (subject to hydrolysis) is 1. The average Bonchev–Trinajstić information content (AvgIpc) is 2.38. The van der Waals surface area contributed by atoms with Crippen LogP contribution in [0.25, 0.3) is 0 Å². The number of ether oxygens (including phenoxy) is 1. The third-order valence-corrected chi connectivity index (χ3v) is 2.59. The van der Waals surface area contributed by atoms with Crippen LogP contribution in [0.1, 0.15) is 6.92 Å². The van der Waals surface area contributed by atoms with Gasteiger partial charge in [0, 0.05) is 23.2 Å². The second-order valence-electron chi connectivity index (χ2n) is 3.54. The molecule has 0 spiro atoms. The summed E-state index contributed by atoms with van der Waals surface area (Å²) in [5.41, 5.74) is 0.694. The quantitative estimate of drug-likeness (QED) is 0.725. The topological polar surface area (TPSA) is 79.5 Å². The SMILES string of the molecule is CCOC(=O)NCCNC(=O)Nc1ccc(Br)cc1. The Hall–Kier alpha value is -1.76. The molecule has 0 heterocycles. The lowest BCUT2D eigenvalue weighted by Gasteiger charge is -2.08. The van der Waals surface area contributed by atoms with Gasteiger partial charge in [0.15, 0.2) is 0 Å². The van der Waals surface area contributed by atoms with Gasteiger partial charge in [0.05, 0.1) is 6.61 Å². The van der Waals surface area contributed by atoms with E-state index in [2.05, 4.69) is 36.6 Å². The molecular formula is C12H16BrN3O3. The largest absolute Gasteiger partial charge is 0.450 e. The fourth-order valence-electron chi connectivity index (χ4n) is 1.23. The molecule has 1 rings (SSSR count). The van der Waals surface area contributed by atoms with Crippen molar-refractivity contribution in [2.75, 3.05) is 25.0 Å². The molecule has 3 amide bonds. The molecule has 1 aromatic rings. The number of urea groups is 1. The van der Waals surface area contributed by atoms with Gasteiger partial charge < -0.3 is 20.7 Å². The Balaban J connectivity index is 2.18. The second-order valence-corrected chi connectivity index (χ2v) is 4.45. The summed E-state index contributed by atoms with van der Waals surface area (Å²) in [6.45, 7) is 2.68. The molecule has 0 radical (unpaired) electrons. The van der Waals surface area contributed by atoms with E-state index in [1.54, 1.807) is 19.1 Å². The first-order chi connectivity index (χ1) is 9.11. The molecule has 0 aliphatic carbocycles. The molecule has 0 unspecified atom stereocenters. The van der Waals surface area contributed by atoms with Gasteiger partial charge in [0.25, 0.3) is 0 Å². The van der Waals surface area contributed by atoms with Crippen molar-refractivity contribution in [1.82, 2.24) is 10.6 Å². The number of anilines is 1. The first-order valence-electron chi connectivity index (χ1n) is 5.83. The van der Waals surface area contributed by atoms with E-state index < -0.39 is 6.09 Å². The second kappa shape index (κ2) is 8.36. The molecule has 19 heavy (non-hydrogen) atoms. The zero-order valence-electron chi connectivity index (χ0n) is 10.5. The van der Waals surface area contributed by atoms with Crippen LogP contribution in [0.3, 0.4) is 0 Å². The molecule has 0 saturated carbocycles. The van der Waals surface area contributed by atoms with Crippen molar-refractivity contribution in [3.63, 3.8) is 0 Å². The van der Waals surface area contributed by atoms with Gasteiger partial charge in [-0.2, -0.15) is 0 Å². The number of amides is 3. The monoisotopic (exact) mass is 329 g/mol. The molecule has 0 bridgehead atoms. The van der Waals surface area contributed by atoms with Crippen molar-refractivity contribution >= 4 is 33.7 Å². The maximum atomic E-state index is 11.5. The first kappa shape index (κ1) is 15.3. The highest BCUT2D eigenvalue weighted by Gasteiger charge is 2.02. The van der Waals surface area contributed by atoms with Crippen molar-refractivity contribution < 1.29 is 14.3 Å². The van der Waals surface area contributed by atoms with Crippen LogP contribution < -0.4 is 16.0 Å². The summed E-state index contributed by atoms with van der Waals surface area (Å²) in [6, 6.07) is 6.89. The molecule has 104 valence electrons. The number of hydrogen-bond donors (Lipinski definition) is 3. The summed E-state index contributed by atoms with van der Waals surface area (Å²) in [6.07, 6.45) is -0.488. The highest BCUT2D eigenvalue weighted by atomic mass is 79.9. The molecule has 0 aromatic heterocycles. The van der Waals surface area contributed by atoms with Crippen LogP contribution in [0.5, 0.6) is 0 Å². The molecule has 0 aliphatic rings. The van der Waals surface area contributed by atoms with Crippen LogP contribution in [0, 0.1) is 0 Å². The molecule has 6 nitrogen and oxygen atoms in total. The Labute approximate surface area is 120 Å². The number of carbonyl (C=O) groups is 2. The molecule has 0 atom stereocenters. The van der Waals surface area contributed by atoms with Gasteiger partial charge in [-0.15, -0.1) is 0 Å². The third-order valence-electron chi connectivity index (χ3n) is 2.06. The van der Waals surface area contributed by atoms with Gasteiger partial charge in [-0.3, -0.25) is 0 Å². The summed E-state index contributed by atoms with van der Waals surface area (Å²) in [5.74, 6) is 0. The van der Waals surface area contributed by atoms with Crippen LogP contribution in [0.15, 0.2) is 28.7 Å². The lowest BCUT2D eigenvalue weighted by atomic mass is 10.3. The van der Waals surface area contributed by atoms with Gasteiger partial charge in [-0.1, -0.05) is 15.9 Å². The summed E-state index contributed by atoms with van der Waals surface area (Å²) in [7, 11) is 0. The zero-order chi connectivity index (χ0) is 14.1. The Morgan fingerprint density at radius 3 is 2.42 bits per heavy atom. The van der Waals surface area contributed by atoms with E-state index in [0.717, 1.165) is 4.47 Å². The highest BCUT2D eigenvalue weighted by molar-refractivity contribution is 9.10. The standard InChI is InChI=1S/C12H16BrN3O3/c1-2-19-12(18)15-8-7-14-11(17)16-10-5-3-9(13)4-6-10/h3-6H,2,7-8H2,1H3,(H,15,18)(H2,14,16,17). The highest BCUT2D eigenvalue weighted by Crippen LogP contribution is 2.13. The number of rotatable bonds is 5. The molecule has 0 fully saturated rings. The summed E-state index contributed by atoms with van der Waals surface area (Å²) in [4.78, 5) is 22.4. The minimum Gasteiger partial charge on any atom is -0.450 e. The van der Waals surface area contributed by atoms with Crippen molar-refractivity contribution in [3.8, 4) is 0 Å². The predicted molar refractivity (Wildman–Crippen MR) is 76.2 cm³/mol. The minimum atomic E-state index is -0.488. The summed E-state index contributed by atoms with van der Waals surface area (Å²) >= 11 is 3.31. The number of benzene rings is 1. The van der Waals surface area contributed by atoms with Crippen molar-refractivity contribution in [2.24, 2.45) is 0 Å². The summed E-state index contributed by atoms with van der Waals surface area (Å²) in [5, 5.41) is 7.78. The van der Waals surface area contributed by atoms with Gasteiger partial charge in [0.2, 0.25) is 0 Å². The zero-order valence-corrected chi connectivity index (χ0v) is 12.1. The predicted octanol–water partition coefficient (Wildman–Crippen LogP) is 2.32. The normalized spacial score (nSPS) is 9.58. The van der Waals surface area contributed by atoms with Crippen LogP contribution in [-0.4, -0.2) is 31.8 Å². The number of hydrogen-bond acceptors (Lipinski definition) is 3. The van der Waals surface area contributed by atoms with E-state index in [0.29, 0.717) is 25.4 Å². The fourth-order valence-corrected chi connectivity index (χ4v) is 1.50. The van der Waals surface area contributed by atoms with Crippen LogP contribution in [0.4, 0.5) is 15.3 Å². The van der Waals surface area contributed by atoms with E-state index in [4.69, 9.17) is 0 Å². The minimum absolute atomic E-state index is 0.312. The molecular weight excluding hydrogens is 314 g/mol. The molecule has 1 aromatic carbocycles. The van der Waals surface area contributed by atoms with E-state index >= 15 is 0 Å². The molecule has 0 aliphatic heterocycles. The van der Waals surface area contributed by atoms with E-state index in [-0.39, 0.29) is 6.03 Å². The van der Waals surface area contributed by atoms with Crippen molar-refractivity contribution in [3.05, 3.63) is 28.7 Å². The number of halogens is 1. The molecule has 7 heteroatoms. The molecule has 3 N–H and O–H groups in total. The van der Waals surface area contributed by atoms with E-state index in [1.165, 1.54) is 0 Å². The Bertz CT molecular complexity index is 423. The van der Waals surface area contributed by atoms with Gasteiger partial charge in [0.1, 0.15) is 0 Å². The van der Waals surface area contributed by atoms with Crippen LogP contribution >= 0.6 is 15.9 Å². The maximum absolute atomic E-state index is 11.5. The van der Waals surface area contributed by atoms with Gasteiger partial charge in [-0.25, -0.2) is 9.59 Å². The number of nitrogens with one attached hydrogen (secondary N) is 3. The van der Waals surface area contributed by atoms with Gasteiger partial charge in [-0.05, 0) is 31.2 Å². The molecule has 0 saturated heterocycles. The maximum Gasteiger partial charge on any atom is 0.407 e. The number of carbonyl (C=O) groups excluding carboxylic acids is 2. The summed E-state index contributed by atoms with van der Waals surface area (Å²) < 4.78 is 5.61. The fraction of sp³-hybridized carbons (Fsp3) is 0.333. The van der Waals surface area contributed by atoms with E-state index in [1.807, 2.05) is 12.1 Å². The third kappa shape index (κ3) is 6.66. The lowest BCUT2D eigenvalue weighted by Crippen LogP contribution is -2.37. The van der Waals surface area contributed by atoms with Crippen LogP contribution in [-0.2, 0) is 4.74 Å². The van der Waals surface area contributed by atoms with Crippen molar-refractivity contribution in [2.45, 2.75) is 6.92 Å². The van der Waals surface area contributed by atoms with E-state index in [9.17, 15) is 9.59 Å². The Morgan fingerprint density at radius 1 is 1.16 bits per heavy atom. The Morgan fingerprint density at radius 2 is 1.79 bits per heavy atom. The van der Waals surface area contributed by atoms with Crippen LogP contribution in [0.2, 0.25) is 0 Å². The smallest absolute Gasteiger partial charge is 0.407 e. The first-order valence-corrected chi connectivity index (χ1v) is 6.62. The Kier molecular flexibility index (Phi) is 6.73. The van der Waals surface area contributed by atoms with Crippen molar-refractivity contribution in [1.29, 1.82) is 0 Å². The lowest BCUT2D eigenvalue weighted by molar-refractivity contribution is 0.152. The average molecular weight is 330 g/mol.